The molecule has 0 aliphatic rings. The predicted octanol–water partition coefficient (Wildman–Crippen LogP) is 2.36. The van der Waals surface area contributed by atoms with Crippen LogP contribution in [0.4, 0.5) is 0 Å². The minimum absolute atomic E-state index is 0. The lowest BCUT2D eigenvalue weighted by Gasteiger charge is -1.76. The minimum atomic E-state index is 0. The summed E-state index contributed by atoms with van der Waals surface area (Å²) in [6.07, 6.45) is 1.81. The summed E-state index contributed by atoms with van der Waals surface area (Å²) >= 11 is 4.76. The molecule has 0 aliphatic carbocycles. The third kappa shape index (κ3) is 2.42. The van der Waals surface area contributed by atoms with Crippen LogP contribution in [0.15, 0.2) is 24.4 Å². The highest BCUT2D eigenvalue weighted by atomic mass is 127. The van der Waals surface area contributed by atoms with Gasteiger partial charge < -0.3 is 4.98 Å². The molecule has 0 fully saturated rings. The van der Waals surface area contributed by atoms with Crippen LogP contribution in [0.5, 0.6) is 0 Å². The van der Waals surface area contributed by atoms with Crippen LogP contribution in [0.2, 0.25) is 0 Å². The zero-order chi connectivity index (χ0) is 5.11. The first-order chi connectivity index (χ1) is 3.39. The van der Waals surface area contributed by atoms with E-state index in [2.05, 4.69) is 4.98 Å². The maximum atomic E-state index is 4.76. The number of hydrogen-bond acceptors (Lipinski definition) is 1. The maximum absolute atomic E-state index is 4.76. The van der Waals surface area contributed by atoms with E-state index in [-0.39, 0.29) is 24.0 Å². The monoisotopic (exact) mass is 239 g/mol. The van der Waals surface area contributed by atoms with E-state index in [9.17, 15) is 0 Å². The molecule has 3 heteroatoms. The first kappa shape index (κ1) is 8.10. The molecule has 1 rings (SSSR count). The molecule has 0 saturated heterocycles. The lowest BCUT2D eigenvalue weighted by atomic mass is 10.5. The van der Waals surface area contributed by atoms with Crippen molar-refractivity contribution in [3.05, 3.63) is 29.0 Å². The van der Waals surface area contributed by atoms with Crippen molar-refractivity contribution in [3.63, 3.8) is 0 Å². The molecule has 0 radical (unpaired) electrons. The number of aromatic nitrogens is 1. The molecule has 0 unspecified atom stereocenters. The molecule has 0 atom stereocenters. The number of nitrogens with one attached hydrogen (secondary N) is 1. The third-order valence-electron chi connectivity index (χ3n) is 0.681. The molecule has 0 amide bonds. The molecule has 1 heterocycles. The van der Waals surface area contributed by atoms with E-state index >= 15 is 0 Å². The summed E-state index contributed by atoms with van der Waals surface area (Å²) < 4.78 is 0.780. The summed E-state index contributed by atoms with van der Waals surface area (Å²) in [4.78, 5) is 2.85. The van der Waals surface area contributed by atoms with E-state index < -0.39 is 0 Å². The molecule has 8 heavy (non-hydrogen) atoms. The van der Waals surface area contributed by atoms with Crippen LogP contribution in [0.1, 0.15) is 0 Å². The Kier molecular flexibility index (Phi) is 4.08. The van der Waals surface area contributed by atoms with Crippen molar-refractivity contribution in [2.24, 2.45) is 0 Å². The SMILES string of the molecule is I.S=c1cccc[nH]1. The number of aromatic amines is 1. The standard InChI is InChI=1S/C5H5NS.HI/c7-5-3-1-2-4-6-5;/h1-4H,(H,6,7);1H. The fraction of sp³-hybridized carbons (Fsp3) is 0. The van der Waals surface area contributed by atoms with E-state index in [0.717, 1.165) is 4.64 Å². The second kappa shape index (κ2) is 4.03. The molecule has 1 aromatic rings. The topological polar surface area (TPSA) is 15.8 Å². The van der Waals surface area contributed by atoms with E-state index in [0.29, 0.717) is 0 Å². The molecule has 1 aromatic heterocycles. The zero-order valence-electron chi connectivity index (χ0n) is 4.13. The smallest absolute Gasteiger partial charge is 0.103 e. The Morgan fingerprint density at radius 2 is 2.12 bits per heavy atom. The Balaban J connectivity index is 0.000000490. The normalized spacial score (nSPS) is 7.50. The molecular formula is C5H6INS. The summed E-state index contributed by atoms with van der Waals surface area (Å²) in [7, 11) is 0. The fourth-order valence-electron chi connectivity index (χ4n) is 0.377. The number of H-pyrrole nitrogens is 1. The maximum Gasteiger partial charge on any atom is 0.103 e. The van der Waals surface area contributed by atoms with Gasteiger partial charge in [-0.25, -0.2) is 0 Å². The zero-order valence-corrected chi connectivity index (χ0v) is 7.27. The highest BCUT2D eigenvalue weighted by Gasteiger charge is 1.65. The second-order valence-corrected chi connectivity index (χ2v) is 1.67. The van der Waals surface area contributed by atoms with Crippen LogP contribution in [-0.4, -0.2) is 4.98 Å². The molecule has 0 spiro atoms. The molecule has 0 saturated carbocycles. The number of hydrogen-bond donors (Lipinski definition) is 1. The Bertz CT molecular complexity index is 178. The number of pyridine rings is 1. The lowest BCUT2D eigenvalue weighted by molar-refractivity contribution is 1.30. The first-order valence-corrected chi connectivity index (χ1v) is 2.44. The molecule has 44 valence electrons. The van der Waals surface area contributed by atoms with Crippen molar-refractivity contribution < 1.29 is 0 Å². The Morgan fingerprint density at radius 1 is 1.38 bits per heavy atom. The third-order valence-corrected chi connectivity index (χ3v) is 0.934. The summed E-state index contributed by atoms with van der Waals surface area (Å²) in [5.41, 5.74) is 0. The highest BCUT2D eigenvalue weighted by Crippen LogP contribution is 1.80. The average Bonchev–Trinajstić information content (AvgIpc) is 1.69. The lowest BCUT2D eigenvalue weighted by Crippen LogP contribution is -1.64. The van der Waals surface area contributed by atoms with Gasteiger partial charge >= 0.3 is 0 Å². The number of rotatable bonds is 0. The Morgan fingerprint density at radius 3 is 2.38 bits per heavy atom. The largest absolute Gasteiger partial charge is 0.353 e. The average molecular weight is 239 g/mol. The Labute approximate surface area is 70.2 Å². The van der Waals surface area contributed by atoms with Gasteiger partial charge in [-0.2, -0.15) is 0 Å². The molecule has 0 aliphatic heterocycles. The first-order valence-electron chi connectivity index (χ1n) is 2.03. The van der Waals surface area contributed by atoms with Gasteiger partial charge in [-0.15, -0.1) is 24.0 Å². The molecule has 1 N–H and O–H groups in total. The highest BCUT2D eigenvalue weighted by molar-refractivity contribution is 14.0. The van der Waals surface area contributed by atoms with Gasteiger partial charge in [-0.3, -0.25) is 0 Å². The van der Waals surface area contributed by atoms with E-state index in [1.165, 1.54) is 0 Å². The van der Waals surface area contributed by atoms with Crippen LogP contribution in [0, 0.1) is 4.64 Å². The predicted molar refractivity (Wildman–Crippen MR) is 47.0 cm³/mol. The van der Waals surface area contributed by atoms with Crippen LogP contribution >= 0.6 is 36.2 Å². The van der Waals surface area contributed by atoms with Crippen molar-refractivity contribution >= 4 is 36.2 Å². The molecular weight excluding hydrogens is 233 g/mol. The van der Waals surface area contributed by atoms with Gasteiger partial charge in [0.2, 0.25) is 0 Å². The summed E-state index contributed by atoms with van der Waals surface area (Å²) in [5, 5.41) is 0. The van der Waals surface area contributed by atoms with Crippen LogP contribution in [0.3, 0.4) is 0 Å². The van der Waals surface area contributed by atoms with E-state index in [1.807, 2.05) is 24.4 Å². The van der Waals surface area contributed by atoms with Gasteiger partial charge in [-0.1, -0.05) is 18.3 Å². The van der Waals surface area contributed by atoms with E-state index in [1.54, 1.807) is 0 Å². The van der Waals surface area contributed by atoms with Gasteiger partial charge in [-0.05, 0) is 12.1 Å². The van der Waals surface area contributed by atoms with E-state index in [4.69, 9.17) is 12.2 Å². The van der Waals surface area contributed by atoms with Crippen molar-refractivity contribution in [2.45, 2.75) is 0 Å². The fourth-order valence-corrected chi connectivity index (χ4v) is 0.523. The van der Waals surface area contributed by atoms with Crippen molar-refractivity contribution in [1.82, 2.24) is 4.98 Å². The van der Waals surface area contributed by atoms with Crippen LogP contribution in [-0.2, 0) is 0 Å². The number of halogens is 1. The van der Waals surface area contributed by atoms with Gasteiger partial charge in [0.05, 0.1) is 0 Å². The molecule has 1 nitrogen and oxygen atoms in total. The van der Waals surface area contributed by atoms with Gasteiger partial charge in [0.25, 0.3) is 0 Å². The van der Waals surface area contributed by atoms with Gasteiger partial charge in [0.1, 0.15) is 4.64 Å². The Hall–Kier alpha value is 0.1000. The summed E-state index contributed by atoms with van der Waals surface area (Å²) in [5.74, 6) is 0. The van der Waals surface area contributed by atoms with Gasteiger partial charge in [0, 0.05) is 6.20 Å². The van der Waals surface area contributed by atoms with Gasteiger partial charge in [0.15, 0.2) is 0 Å². The van der Waals surface area contributed by atoms with Crippen LogP contribution in [0.25, 0.3) is 0 Å². The van der Waals surface area contributed by atoms with Crippen molar-refractivity contribution in [1.29, 1.82) is 0 Å². The minimum Gasteiger partial charge on any atom is -0.353 e. The summed E-state index contributed by atoms with van der Waals surface area (Å²) in [6, 6.07) is 5.64. The van der Waals surface area contributed by atoms with Crippen molar-refractivity contribution in [3.8, 4) is 0 Å². The van der Waals surface area contributed by atoms with Crippen molar-refractivity contribution in [2.75, 3.05) is 0 Å². The molecule has 0 bridgehead atoms. The summed E-state index contributed by atoms with van der Waals surface area (Å²) in [6.45, 7) is 0. The molecule has 0 aromatic carbocycles. The second-order valence-electron chi connectivity index (χ2n) is 1.23. The van der Waals surface area contributed by atoms with Crippen LogP contribution < -0.4 is 0 Å². The quantitative estimate of drug-likeness (QED) is 0.542.